The zero-order valence-corrected chi connectivity index (χ0v) is 19.5. The number of nitrogens with zero attached hydrogens (tertiary/aromatic N) is 2. The molecule has 1 N–H and O–H groups in total. The Morgan fingerprint density at radius 2 is 1.85 bits per heavy atom. The van der Waals surface area contributed by atoms with Crippen molar-refractivity contribution in [3.05, 3.63) is 86.8 Å². The number of aryl methyl sites for hydroxylation is 2. The van der Waals surface area contributed by atoms with E-state index in [1.54, 1.807) is 23.5 Å². The Hall–Kier alpha value is -2.97. The topological polar surface area (TPSA) is 64.0 Å². The average Bonchev–Trinajstić information content (AvgIpc) is 3.21. The maximum Gasteiger partial charge on any atom is 0.267 e. The molecule has 0 fully saturated rings. The van der Waals surface area contributed by atoms with Gasteiger partial charge in [0.2, 0.25) is 5.91 Å². The third-order valence-electron chi connectivity index (χ3n) is 5.71. The molecule has 0 bridgehead atoms. The largest absolute Gasteiger partial charge is 0.351 e. The van der Waals surface area contributed by atoms with Crippen LogP contribution in [0.1, 0.15) is 28.8 Å². The second-order valence-electron chi connectivity index (χ2n) is 7.95. The monoisotopic (exact) mass is 479 g/mol. The zero-order valence-electron chi connectivity index (χ0n) is 17.8. The van der Waals surface area contributed by atoms with Gasteiger partial charge in [-0.3, -0.25) is 14.2 Å². The SMILES string of the molecule is O=C(CSc1nc2sc3c(c2c(=O)n1-c1ccc(F)cc1)CCCC3)NCc1ccccc1. The fourth-order valence-electron chi connectivity index (χ4n) is 4.08. The van der Waals surface area contributed by atoms with Crippen LogP contribution in [0.2, 0.25) is 0 Å². The van der Waals surface area contributed by atoms with Crippen molar-refractivity contribution in [2.75, 3.05) is 5.75 Å². The number of hydrogen-bond acceptors (Lipinski definition) is 5. The fraction of sp³-hybridized carbons (Fsp3) is 0.240. The van der Waals surface area contributed by atoms with Crippen molar-refractivity contribution < 1.29 is 9.18 Å². The molecule has 5 rings (SSSR count). The van der Waals surface area contributed by atoms with Crippen LogP contribution in [-0.4, -0.2) is 21.2 Å². The van der Waals surface area contributed by atoms with Crippen LogP contribution in [0, 0.1) is 5.82 Å². The van der Waals surface area contributed by atoms with Crippen molar-refractivity contribution in [3.8, 4) is 5.69 Å². The molecule has 0 radical (unpaired) electrons. The van der Waals surface area contributed by atoms with E-state index in [4.69, 9.17) is 4.98 Å². The Bertz CT molecular complexity index is 1360. The number of hydrogen-bond donors (Lipinski definition) is 1. The van der Waals surface area contributed by atoms with E-state index in [0.717, 1.165) is 41.6 Å². The molecule has 33 heavy (non-hydrogen) atoms. The third kappa shape index (κ3) is 4.58. The highest BCUT2D eigenvalue weighted by atomic mass is 32.2. The number of fused-ring (bicyclic) bond motifs is 3. The second kappa shape index (κ2) is 9.49. The van der Waals surface area contributed by atoms with Gasteiger partial charge in [0, 0.05) is 11.4 Å². The number of halogens is 1. The number of aromatic nitrogens is 2. The fourth-order valence-corrected chi connectivity index (χ4v) is 6.22. The summed E-state index contributed by atoms with van der Waals surface area (Å²) in [6.07, 6.45) is 4.03. The number of amides is 1. The molecule has 2 heterocycles. The van der Waals surface area contributed by atoms with Crippen molar-refractivity contribution >= 4 is 39.2 Å². The highest BCUT2D eigenvalue weighted by molar-refractivity contribution is 7.99. The minimum absolute atomic E-state index is 0.122. The predicted octanol–water partition coefficient (Wildman–Crippen LogP) is 4.87. The summed E-state index contributed by atoms with van der Waals surface area (Å²) in [5.41, 5.74) is 2.51. The second-order valence-corrected chi connectivity index (χ2v) is 9.98. The van der Waals surface area contributed by atoms with Gasteiger partial charge in [0.1, 0.15) is 10.6 Å². The first-order valence-corrected chi connectivity index (χ1v) is 12.7. The number of carbonyl (C=O) groups excluding carboxylic acids is 1. The van der Waals surface area contributed by atoms with Gasteiger partial charge in [-0.1, -0.05) is 42.1 Å². The van der Waals surface area contributed by atoms with Crippen LogP contribution in [-0.2, 0) is 24.2 Å². The van der Waals surface area contributed by atoms with Gasteiger partial charge < -0.3 is 5.32 Å². The van der Waals surface area contributed by atoms with E-state index in [-0.39, 0.29) is 23.0 Å². The van der Waals surface area contributed by atoms with Crippen LogP contribution < -0.4 is 10.9 Å². The van der Waals surface area contributed by atoms with Crippen LogP contribution in [0.25, 0.3) is 15.9 Å². The summed E-state index contributed by atoms with van der Waals surface area (Å²) in [5.74, 6) is -0.394. The van der Waals surface area contributed by atoms with Crippen molar-refractivity contribution in [1.29, 1.82) is 0 Å². The van der Waals surface area contributed by atoms with Gasteiger partial charge in [-0.05, 0) is 61.1 Å². The smallest absolute Gasteiger partial charge is 0.267 e. The molecule has 0 saturated heterocycles. The normalized spacial score (nSPS) is 13.1. The lowest BCUT2D eigenvalue weighted by molar-refractivity contribution is -0.118. The number of carbonyl (C=O) groups is 1. The van der Waals surface area contributed by atoms with Gasteiger partial charge in [-0.2, -0.15) is 0 Å². The molecule has 2 aromatic heterocycles. The first-order chi connectivity index (χ1) is 16.1. The number of nitrogens with one attached hydrogen (secondary N) is 1. The van der Waals surface area contributed by atoms with Crippen LogP contribution in [0.5, 0.6) is 0 Å². The molecule has 0 unspecified atom stereocenters. The Balaban J connectivity index is 1.47. The lowest BCUT2D eigenvalue weighted by Gasteiger charge is -2.13. The van der Waals surface area contributed by atoms with Gasteiger partial charge in [0.05, 0.1) is 16.8 Å². The highest BCUT2D eigenvalue weighted by Gasteiger charge is 2.23. The molecule has 8 heteroatoms. The standard InChI is InChI=1S/C25H22FN3O2S2/c26-17-10-12-18(13-11-17)29-24(31)22-19-8-4-5-9-20(19)33-23(22)28-25(29)32-15-21(30)27-14-16-6-2-1-3-7-16/h1-3,6-7,10-13H,4-5,8-9,14-15H2,(H,27,30). The molecule has 0 aliphatic heterocycles. The van der Waals surface area contributed by atoms with Crippen LogP contribution in [0.4, 0.5) is 4.39 Å². The summed E-state index contributed by atoms with van der Waals surface area (Å²) in [6.45, 7) is 0.440. The lowest BCUT2D eigenvalue weighted by Crippen LogP contribution is -2.26. The maximum atomic E-state index is 13.6. The maximum absolute atomic E-state index is 13.6. The van der Waals surface area contributed by atoms with E-state index in [2.05, 4.69) is 5.32 Å². The molecule has 5 nitrogen and oxygen atoms in total. The summed E-state index contributed by atoms with van der Waals surface area (Å²) < 4.78 is 15.1. The lowest BCUT2D eigenvalue weighted by atomic mass is 9.97. The number of thiophene rings is 1. The summed E-state index contributed by atoms with van der Waals surface area (Å²) >= 11 is 2.79. The van der Waals surface area contributed by atoms with Crippen LogP contribution >= 0.6 is 23.1 Å². The number of rotatable bonds is 6. The van der Waals surface area contributed by atoms with Crippen molar-refractivity contribution in [1.82, 2.24) is 14.9 Å². The van der Waals surface area contributed by atoms with Crippen molar-refractivity contribution in [3.63, 3.8) is 0 Å². The van der Waals surface area contributed by atoms with E-state index < -0.39 is 0 Å². The Kier molecular flexibility index (Phi) is 6.28. The number of benzene rings is 2. The molecule has 1 aliphatic rings. The Morgan fingerprint density at radius 1 is 1.09 bits per heavy atom. The zero-order chi connectivity index (χ0) is 22.8. The Morgan fingerprint density at radius 3 is 2.64 bits per heavy atom. The predicted molar refractivity (Wildman–Crippen MR) is 131 cm³/mol. The molecule has 1 aliphatic carbocycles. The molecule has 4 aromatic rings. The van der Waals surface area contributed by atoms with E-state index in [1.807, 2.05) is 30.3 Å². The average molecular weight is 480 g/mol. The Labute approximate surface area is 198 Å². The van der Waals surface area contributed by atoms with E-state index in [9.17, 15) is 14.0 Å². The molecular formula is C25H22FN3O2S2. The van der Waals surface area contributed by atoms with Crippen LogP contribution in [0.3, 0.4) is 0 Å². The molecule has 0 saturated carbocycles. The number of thioether (sulfide) groups is 1. The first-order valence-electron chi connectivity index (χ1n) is 10.9. The van der Waals surface area contributed by atoms with Gasteiger partial charge in [-0.15, -0.1) is 11.3 Å². The van der Waals surface area contributed by atoms with Gasteiger partial charge in [0.25, 0.3) is 5.56 Å². The molecule has 2 aromatic carbocycles. The van der Waals surface area contributed by atoms with Crippen LogP contribution in [0.15, 0.2) is 64.5 Å². The van der Waals surface area contributed by atoms with E-state index in [0.29, 0.717) is 22.8 Å². The molecule has 1 amide bonds. The third-order valence-corrected chi connectivity index (χ3v) is 7.83. The first kappa shape index (κ1) is 21.9. The quantitative estimate of drug-likeness (QED) is 0.316. The van der Waals surface area contributed by atoms with Crippen molar-refractivity contribution in [2.24, 2.45) is 0 Å². The molecular weight excluding hydrogens is 457 g/mol. The van der Waals surface area contributed by atoms with Crippen molar-refractivity contribution in [2.45, 2.75) is 37.4 Å². The van der Waals surface area contributed by atoms with Gasteiger partial charge in [0.15, 0.2) is 5.16 Å². The molecule has 168 valence electrons. The summed E-state index contributed by atoms with van der Waals surface area (Å²) in [7, 11) is 0. The van der Waals surface area contributed by atoms with E-state index >= 15 is 0 Å². The summed E-state index contributed by atoms with van der Waals surface area (Å²) in [5, 5.41) is 4.01. The van der Waals surface area contributed by atoms with Gasteiger partial charge >= 0.3 is 0 Å². The summed E-state index contributed by atoms with van der Waals surface area (Å²) in [6, 6.07) is 15.5. The molecule has 0 spiro atoms. The van der Waals surface area contributed by atoms with E-state index in [1.165, 1.54) is 33.3 Å². The molecule has 0 atom stereocenters. The highest BCUT2D eigenvalue weighted by Crippen LogP contribution is 2.35. The minimum Gasteiger partial charge on any atom is -0.351 e. The summed E-state index contributed by atoms with van der Waals surface area (Å²) in [4.78, 5) is 32.9. The minimum atomic E-state index is -0.372. The van der Waals surface area contributed by atoms with Gasteiger partial charge in [-0.25, -0.2) is 9.37 Å².